The first-order chi connectivity index (χ1) is 10.7. The van der Waals surface area contributed by atoms with E-state index < -0.39 is 0 Å². The summed E-state index contributed by atoms with van der Waals surface area (Å²) in [6, 6.07) is 3.80. The Balaban J connectivity index is 1.61. The minimum absolute atomic E-state index is 0.000802. The monoisotopic (exact) mass is 303 g/mol. The highest BCUT2D eigenvalue weighted by Crippen LogP contribution is 2.27. The minimum Gasteiger partial charge on any atom is -0.464 e. The summed E-state index contributed by atoms with van der Waals surface area (Å²) in [6.07, 6.45) is 2.48. The number of hydrogen-bond acceptors (Lipinski definition) is 4. The molecule has 2 aromatic rings. The minimum atomic E-state index is -0.000802. The van der Waals surface area contributed by atoms with Gasteiger partial charge in [-0.3, -0.25) is 9.48 Å². The molecule has 0 saturated carbocycles. The molecule has 3 rings (SSSR count). The van der Waals surface area contributed by atoms with E-state index in [1.54, 1.807) is 6.26 Å². The third-order valence-electron chi connectivity index (χ3n) is 4.07. The van der Waals surface area contributed by atoms with Crippen LogP contribution in [-0.4, -0.2) is 35.4 Å². The van der Waals surface area contributed by atoms with Crippen molar-refractivity contribution < 1.29 is 13.9 Å². The van der Waals surface area contributed by atoms with Crippen molar-refractivity contribution in [2.75, 3.05) is 19.8 Å². The summed E-state index contributed by atoms with van der Waals surface area (Å²) in [7, 11) is 0. The first-order valence-electron chi connectivity index (χ1n) is 7.60. The second-order valence-electron chi connectivity index (χ2n) is 5.60. The van der Waals surface area contributed by atoms with Gasteiger partial charge in [-0.05, 0) is 32.4 Å². The maximum atomic E-state index is 11.9. The van der Waals surface area contributed by atoms with Crippen LogP contribution in [0, 0.1) is 19.8 Å². The lowest BCUT2D eigenvalue weighted by Crippen LogP contribution is -2.33. The maximum absolute atomic E-state index is 11.9. The van der Waals surface area contributed by atoms with Gasteiger partial charge in [0.2, 0.25) is 5.91 Å². The largest absolute Gasteiger partial charge is 0.464 e. The maximum Gasteiger partial charge on any atom is 0.225 e. The van der Waals surface area contributed by atoms with Crippen LogP contribution in [0.2, 0.25) is 0 Å². The molecule has 22 heavy (non-hydrogen) atoms. The molecule has 3 heterocycles. The Kier molecular flexibility index (Phi) is 4.29. The van der Waals surface area contributed by atoms with Gasteiger partial charge in [-0.1, -0.05) is 0 Å². The van der Waals surface area contributed by atoms with Gasteiger partial charge in [0.1, 0.15) is 5.76 Å². The van der Waals surface area contributed by atoms with Crippen molar-refractivity contribution in [1.82, 2.24) is 15.1 Å². The Morgan fingerprint density at radius 3 is 3.05 bits per heavy atom. The fraction of sp³-hybridized carbons (Fsp3) is 0.500. The van der Waals surface area contributed by atoms with Gasteiger partial charge in [-0.15, -0.1) is 0 Å². The Morgan fingerprint density at radius 2 is 2.36 bits per heavy atom. The number of aromatic nitrogens is 2. The number of nitrogens with zero attached hydrogens (tertiary/aromatic N) is 2. The topological polar surface area (TPSA) is 69.3 Å². The standard InChI is InChI=1S/C16H21N3O3/c1-11-15(14-4-3-8-22-14)12(2)19(18-11)7-6-17-16(20)13-5-9-21-10-13/h3-4,8,13H,5-7,9-10H2,1-2H3,(H,17,20)/t13-/m0/s1. The summed E-state index contributed by atoms with van der Waals surface area (Å²) in [4.78, 5) is 11.9. The van der Waals surface area contributed by atoms with E-state index in [-0.39, 0.29) is 11.8 Å². The second kappa shape index (κ2) is 6.36. The molecular formula is C16H21N3O3. The van der Waals surface area contributed by atoms with Crippen molar-refractivity contribution in [2.45, 2.75) is 26.8 Å². The number of aryl methyl sites for hydroxylation is 1. The van der Waals surface area contributed by atoms with E-state index in [2.05, 4.69) is 10.4 Å². The summed E-state index contributed by atoms with van der Waals surface area (Å²) >= 11 is 0. The predicted molar refractivity (Wildman–Crippen MR) is 81.3 cm³/mol. The lowest BCUT2D eigenvalue weighted by Gasteiger charge is -2.10. The van der Waals surface area contributed by atoms with Crippen molar-refractivity contribution in [3.63, 3.8) is 0 Å². The third kappa shape index (κ3) is 2.92. The van der Waals surface area contributed by atoms with Crippen LogP contribution in [0.5, 0.6) is 0 Å². The molecule has 1 saturated heterocycles. The Bertz CT molecular complexity index is 640. The van der Waals surface area contributed by atoms with Gasteiger partial charge in [-0.2, -0.15) is 5.10 Å². The molecule has 118 valence electrons. The molecule has 0 bridgehead atoms. The molecule has 1 amide bonds. The molecular weight excluding hydrogens is 282 g/mol. The second-order valence-corrected chi connectivity index (χ2v) is 5.60. The number of rotatable bonds is 5. The lowest BCUT2D eigenvalue weighted by molar-refractivity contribution is -0.124. The number of ether oxygens (including phenoxy) is 1. The summed E-state index contributed by atoms with van der Waals surface area (Å²) in [5.41, 5.74) is 3.01. The van der Waals surface area contributed by atoms with Gasteiger partial charge < -0.3 is 14.5 Å². The Labute approximate surface area is 129 Å². The van der Waals surface area contributed by atoms with Crippen LogP contribution in [-0.2, 0) is 16.1 Å². The van der Waals surface area contributed by atoms with Crippen LogP contribution >= 0.6 is 0 Å². The summed E-state index contributed by atoms with van der Waals surface area (Å²) < 4.78 is 12.6. The van der Waals surface area contributed by atoms with E-state index in [0.29, 0.717) is 26.3 Å². The van der Waals surface area contributed by atoms with Crippen molar-refractivity contribution in [2.24, 2.45) is 5.92 Å². The molecule has 6 heteroatoms. The van der Waals surface area contributed by atoms with E-state index in [1.807, 2.05) is 30.7 Å². The van der Waals surface area contributed by atoms with Crippen LogP contribution < -0.4 is 5.32 Å². The lowest BCUT2D eigenvalue weighted by atomic mass is 10.1. The summed E-state index contributed by atoms with van der Waals surface area (Å²) in [5.74, 6) is 0.901. The highest BCUT2D eigenvalue weighted by atomic mass is 16.5. The predicted octanol–water partition coefficient (Wildman–Crippen LogP) is 1.91. The molecule has 1 N–H and O–H groups in total. The number of carbonyl (C=O) groups is 1. The van der Waals surface area contributed by atoms with Crippen molar-refractivity contribution in [3.8, 4) is 11.3 Å². The molecule has 0 unspecified atom stereocenters. The molecule has 6 nitrogen and oxygen atoms in total. The fourth-order valence-electron chi connectivity index (χ4n) is 2.86. The van der Waals surface area contributed by atoms with E-state index in [4.69, 9.17) is 9.15 Å². The summed E-state index contributed by atoms with van der Waals surface area (Å²) in [6.45, 7) is 6.41. The number of carbonyl (C=O) groups excluding carboxylic acids is 1. The van der Waals surface area contributed by atoms with Crippen molar-refractivity contribution >= 4 is 5.91 Å². The molecule has 1 atom stereocenters. The first kappa shape index (κ1) is 14.8. The Morgan fingerprint density at radius 1 is 1.50 bits per heavy atom. The van der Waals surface area contributed by atoms with Crippen LogP contribution in [0.1, 0.15) is 17.8 Å². The van der Waals surface area contributed by atoms with E-state index >= 15 is 0 Å². The smallest absolute Gasteiger partial charge is 0.225 e. The molecule has 0 aromatic carbocycles. The van der Waals surface area contributed by atoms with Crippen molar-refractivity contribution in [3.05, 3.63) is 29.8 Å². The SMILES string of the molecule is Cc1nn(CCNC(=O)[C@H]2CCOC2)c(C)c1-c1ccco1. The van der Waals surface area contributed by atoms with Gasteiger partial charge >= 0.3 is 0 Å². The average molecular weight is 303 g/mol. The molecule has 0 spiro atoms. The number of amides is 1. The van der Waals surface area contributed by atoms with Gasteiger partial charge in [0.25, 0.3) is 0 Å². The quantitative estimate of drug-likeness (QED) is 0.916. The normalized spacial score (nSPS) is 17.8. The highest BCUT2D eigenvalue weighted by molar-refractivity contribution is 5.78. The van der Waals surface area contributed by atoms with E-state index in [9.17, 15) is 4.79 Å². The van der Waals surface area contributed by atoms with Gasteiger partial charge in [0, 0.05) is 18.8 Å². The molecule has 0 radical (unpaired) electrons. The van der Waals surface area contributed by atoms with Crippen LogP contribution in [0.25, 0.3) is 11.3 Å². The van der Waals surface area contributed by atoms with Crippen molar-refractivity contribution in [1.29, 1.82) is 0 Å². The van der Waals surface area contributed by atoms with Gasteiger partial charge in [0.15, 0.2) is 0 Å². The number of nitrogens with one attached hydrogen (secondary N) is 1. The van der Waals surface area contributed by atoms with Gasteiger partial charge in [0.05, 0.1) is 36.6 Å². The average Bonchev–Trinajstić information content (AvgIpc) is 3.22. The molecule has 1 aliphatic rings. The third-order valence-corrected chi connectivity index (χ3v) is 4.07. The Hall–Kier alpha value is -2.08. The van der Waals surface area contributed by atoms with Crippen LogP contribution in [0.4, 0.5) is 0 Å². The number of furan rings is 1. The molecule has 2 aromatic heterocycles. The first-order valence-corrected chi connectivity index (χ1v) is 7.60. The van der Waals surface area contributed by atoms with Crippen LogP contribution in [0.3, 0.4) is 0 Å². The van der Waals surface area contributed by atoms with E-state index in [1.165, 1.54) is 0 Å². The molecule has 1 aliphatic heterocycles. The molecule has 1 fully saturated rings. The number of hydrogen-bond donors (Lipinski definition) is 1. The zero-order valence-corrected chi connectivity index (χ0v) is 13.0. The molecule has 0 aliphatic carbocycles. The van der Waals surface area contributed by atoms with E-state index in [0.717, 1.165) is 29.1 Å². The zero-order chi connectivity index (χ0) is 15.5. The van der Waals surface area contributed by atoms with Crippen LogP contribution in [0.15, 0.2) is 22.8 Å². The van der Waals surface area contributed by atoms with Gasteiger partial charge in [-0.25, -0.2) is 0 Å². The zero-order valence-electron chi connectivity index (χ0n) is 13.0. The summed E-state index contributed by atoms with van der Waals surface area (Å²) in [5, 5.41) is 7.50. The fourth-order valence-corrected chi connectivity index (χ4v) is 2.86. The highest BCUT2D eigenvalue weighted by Gasteiger charge is 2.23.